The van der Waals surface area contributed by atoms with Gasteiger partial charge >= 0.3 is 0 Å². The lowest BCUT2D eigenvalue weighted by Crippen LogP contribution is -2.26. The molecule has 1 unspecified atom stereocenters. The zero-order valence-electron chi connectivity index (χ0n) is 9.88. The fraction of sp³-hybridized carbons (Fsp3) is 0.667. The van der Waals surface area contributed by atoms with Crippen LogP contribution in [0.1, 0.15) is 31.8 Å². The van der Waals surface area contributed by atoms with Crippen LogP contribution >= 0.6 is 11.8 Å². The van der Waals surface area contributed by atoms with E-state index in [-0.39, 0.29) is 0 Å². The van der Waals surface area contributed by atoms with Crippen LogP contribution in [0.15, 0.2) is 16.5 Å². The summed E-state index contributed by atoms with van der Waals surface area (Å²) in [6.07, 6.45) is 2.17. The van der Waals surface area contributed by atoms with Crippen molar-refractivity contribution in [1.29, 1.82) is 0 Å². The van der Waals surface area contributed by atoms with E-state index >= 15 is 0 Å². The molecule has 0 fully saturated rings. The van der Waals surface area contributed by atoms with Crippen LogP contribution in [-0.2, 0) is 12.2 Å². The number of nitrogens with one attached hydrogen (secondary N) is 1. The van der Waals surface area contributed by atoms with Crippen LogP contribution in [0.5, 0.6) is 0 Å². The molecule has 1 aromatic heterocycles. The zero-order chi connectivity index (χ0) is 11.1. The summed E-state index contributed by atoms with van der Waals surface area (Å²) in [5, 5.41) is 3.30. The van der Waals surface area contributed by atoms with Crippen LogP contribution in [0, 0.1) is 0 Å². The third-order valence-electron chi connectivity index (χ3n) is 2.53. The van der Waals surface area contributed by atoms with Gasteiger partial charge in [0.25, 0.3) is 0 Å². The van der Waals surface area contributed by atoms with Crippen molar-refractivity contribution in [2.45, 2.75) is 38.5 Å². The van der Waals surface area contributed by atoms with E-state index < -0.39 is 0 Å². The van der Waals surface area contributed by atoms with Crippen molar-refractivity contribution in [3.8, 4) is 0 Å². The third-order valence-corrected chi connectivity index (χ3v) is 3.66. The standard InChI is InChI=1S/C12H21NOS/c1-4-10(13-3)8-15-9-12-7-6-11(5-2)14-12/h6-7,10,13H,4-5,8-9H2,1-3H3. The summed E-state index contributed by atoms with van der Waals surface area (Å²) >= 11 is 1.93. The second-order valence-electron chi connectivity index (χ2n) is 3.63. The van der Waals surface area contributed by atoms with Gasteiger partial charge in [0, 0.05) is 18.2 Å². The molecular formula is C12H21NOS. The summed E-state index contributed by atoms with van der Waals surface area (Å²) in [5.41, 5.74) is 0. The molecule has 86 valence electrons. The molecule has 1 rings (SSSR count). The molecule has 0 saturated heterocycles. The molecule has 1 aromatic rings. The zero-order valence-corrected chi connectivity index (χ0v) is 10.7. The Kier molecular flexibility index (Phi) is 5.88. The van der Waals surface area contributed by atoms with Gasteiger partial charge in [-0.3, -0.25) is 0 Å². The van der Waals surface area contributed by atoms with E-state index in [9.17, 15) is 0 Å². The molecule has 0 aliphatic carbocycles. The molecule has 0 amide bonds. The van der Waals surface area contributed by atoms with Crippen molar-refractivity contribution in [2.75, 3.05) is 12.8 Å². The predicted molar refractivity (Wildman–Crippen MR) is 67.4 cm³/mol. The minimum Gasteiger partial charge on any atom is -0.465 e. The Balaban J connectivity index is 2.25. The average Bonchev–Trinajstić information content (AvgIpc) is 2.72. The van der Waals surface area contributed by atoms with Crippen LogP contribution in [0.3, 0.4) is 0 Å². The van der Waals surface area contributed by atoms with Crippen LogP contribution in [0.2, 0.25) is 0 Å². The second-order valence-corrected chi connectivity index (χ2v) is 4.66. The van der Waals surface area contributed by atoms with Gasteiger partial charge < -0.3 is 9.73 Å². The third kappa shape index (κ3) is 4.31. The highest BCUT2D eigenvalue weighted by molar-refractivity contribution is 7.98. The van der Waals surface area contributed by atoms with Crippen molar-refractivity contribution in [2.24, 2.45) is 0 Å². The number of hydrogen-bond acceptors (Lipinski definition) is 3. The molecule has 0 spiro atoms. The van der Waals surface area contributed by atoms with Gasteiger partial charge in [-0.05, 0) is 25.6 Å². The fourth-order valence-corrected chi connectivity index (χ4v) is 2.56. The molecule has 0 radical (unpaired) electrons. The summed E-state index contributed by atoms with van der Waals surface area (Å²) in [5.74, 6) is 4.32. The Bertz CT molecular complexity index is 268. The maximum Gasteiger partial charge on any atom is 0.114 e. The first-order valence-electron chi connectivity index (χ1n) is 5.62. The number of thioether (sulfide) groups is 1. The predicted octanol–water partition coefficient (Wildman–Crippen LogP) is 3.07. The minimum atomic E-state index is 0.621. The number of rotatable bonds is 7. The summed E-state index contributed by atoms with van der Waals surface area (Å²) in [4.78, 5) is 0. The van der Waals surface area contributed by atoms with Crippen molar-refractivity contribution < 1.29 is 4.42 Å². The van der Waals surface area contributed by atoms with Gasteiger partial charge in [0.1, 0.15) is 11.5 Å². The fourth-order valence-electron chi connectivity index (χ4n) is 1.40. The Hall–Kier alpha value is -0.410. The van der Waals surface area contributed by atoms with Gasteiger partial charge in [0.15, 0.2) is 0 Å². The summed E-state index contributed by atoms with van der Waals surface area (Å²) in [6, 6.07) is 4.79. The highest BCUT2D eigenvalue weighted by atomic mass is 32.2. The van der Waals surface area contributed by atoms with E-state index in [1.165, 1.54) is 6.42 Å². The number of hydrogen-bond donors (Lipinski definition) is 1. The first-order chi connectivity index (χ1) is 7.30. The number of furan rings is 1. The molecule has 1 atom stereocenters. The number of aryl methyl sites for hydroxylation is 1. The smallest absolute Gasteiger partial charge is 0.114 e. The van der Waals surface area contributed by atoms with Crippen molar-refractivity contribution in [1.82, 2.24) is 5.32 Å². The molecule has 0 bridgehead atoms. The maximum absolute atomic E-state index is 5.64. The van der Waals surface area contributed by atoms with Crippen LogP contribution in [0.25, 0.3) is 0 Å². The largest absolute Gasteiger partial charge is 0.465 e. The van der Waals surface area contributed by atoms with E-state index in [4.69, 9.17) is 4.42 Å². The van der Waals surface area contributed by atoms with Gasteiger partial charge in [0.2, 0.25) is 0 Å². The Morgan fingerprint density at radius 2 is 2.07 bits per heavy atom. The molecule has 0 aliphatic heterocycles. The van der Waals surface area contributed by atoms with E-state index in [1.807, 2.05) is 18.8 Å². The molecule has 1 N–H and O–H groups in total. The van der Waals surface area contributed by atoms with E-state index in [0.29, 0.717) is 6.04 Å². The van der Waals surface area contributed by atoms with Crippen LogP contribution < -0.4 is 5.32 Å². The maximum atomic E-state index is 5.64. The summed E-state index contributed by atoms with van der Waals surface area (Å²) in [6.45, 7) is 4.33. The average molecular weight is 227 g/mol. The lowest BCUT2D eigenvalue weighted by Gasteiger charge is -2.12. The molecular weight excluding hydrogens is 206 g/mol. The molecule has 15 heavy (non-hydrogen) atoms. The van der Waals surface area contributed by atoms with Gasteiger partial charge in [-0.25, -0.2) is 0 Å². The molecule has 1 heterocycles. The quantitative estimate of drug-likeness (QED) is 0.775. The minimum absolute atomic E-state index is 0.621. The SMILES string of the molecule is CCc1ccc(CSCC(CC)NC)o1. The van der Waals surface area contributed by atoms with Crippen molar-refractivity contribution >= 4 is 11.8 Å². The molecule has 0 aromatic carbocycles. The topological polar surface area (TPSA) is 25.2 Å². The summed E-state index contributed by atoms with van der Waals surface area (Å²) < 4.78 is 5.64. The molecule has 0 saturated carbocycles. The first kappa shape index (κ1) is 12.7. The normalized spacial score (nSPS) is 13.0. The van der Waals surface area contributed by atoms with Gasteiger partial charge in [-0.1, -0.05) is 13.8 Å². The Morgan fingerprint density at radius 3 is 2.60 bits per heavy atom. The van der Waals surface area contributed by atoms with E-state index in [2.05, 4.69) is 31.3 Å². The molecule has 3 heteroatoms. The Labute approximate surface area is 96.8 Å². The van der Waals surface area contributed by atoms with E-state index in [0.717, 1.165) is 29.4 Å². The highest BCUT2D eigenvalue weighted by Crippen LogP contribution is 2.16. The Morgan fingerprint density at radius 1 is 1.33 bits per heavy atom. The van der Waals surface area contributed by atoms with E-state index in [1.54, 1.807) is 0 Å². The van der Waals surface area contributed by atoms with Crippen LogP contribution in [0.4, 0.5) is 0 Å². The van der Waals surface area contributed by atoms with Crippen molar-refractivity contribution in [3.05, 3.63) is 23.7 Å². The van der Waals surface area contributed by atoms with Crippen LogP contribution in [-0.4, -0.2) is 18.8 Å². The lowest BCUT2D eigenvalue weighted by molar-refractivity contribution is 0.485. The highest BCUT2D eigenvalue weighted by Gasteiger charge is 2.04. The summed E-state index contributed by atoms with van der Waals surface area (Å²) in [7, 11) is 2.02. The van der Waals surface area contributed by atoms with Gasteiger partial charge in [-0.2, -0.15) is 11.8 Å². The lowest BCUT2D eigenvalue weighted by atomic mass is 10.3. The van der Waals surface area contributed by atoms with Gasteiger partial charge in [-0.15, -0.1) is 0 Å². The van der Waals surface area contributed by atoms with Crippen molar-refractivity contribution in [3.63, 3.8) is 0 Å². The molecule has 0 aliphatic rings. The monoisotopic (exact) mass is 227 g/mol. The van der Waals surface area contributed by atoms with Gasteiger partial charge in [0.05, 0.1) is 5.75 Å². The molecule has 2 nitrogen and oxygen atoms in total. The second kappa shape index (κ2) is 6.96. The first-order valence-corrected chi connectivity index (χ1v) is 6.78.